The molecule has 1 rings (SSSR count). The lowest BCUT2D eigenvalue weighted by molar-refractivity contribution is -0.139. The Morgan fingerprint density at radius 2 is 1.93 bits per heavy atom. The van der Waals surface area contributed by atoms with Crippen LogP contribution in [0.2, 0.25) is 0 Å². The van der Waals surface area contributed by atoms with Gasteiger partial charge in [-0.15, -0.1) is 0 Å². The van der Waals surface area contributed by atoms with Crippen LogP contribution in [0.3, 0.4) is 0 Å². The molecule has 0 saturated carbocycles. The normalized spacial score (nSPS) is 11.3. The summed E-state index contributed by atoms with van der Waals surface area (Å²) in [6, 6.07) is 6.13. The minimum absolute atomic E-state index is 0.259. The second-order valence-electron chi connectivity index (χ2n) is 3.32. The molecule has 0 aliphatic rings. The van der Waals surface area contributed by atoms with Crippen LogP contribution in [0.5, 0.6) is 0 Å². The van der Waals surface area contributed by atoms with E-state index in [2.05, 4.69) is 0 Å². The first-order valence-electron chi connectivity index (χ1n) is 4.64. The molecule has 0 heterocycles. The average molecular weight is 208 g/mol. The summed E-state index contributed by atoms with van der Waals surface area (Å²) in [6.45, 7) is 3.49. The van der Waals surface area contributed by atoms with Crippen LogP contribution in [-0.2, 0) is 9.53 Å². The molecule has 80 valence electrons. The average Bonchev–Trinajstić information content (AvgIpc) is 2.19. The standard InChI is InChI=1S/C12H13FO2/c1-9(8-15-10(2)14)7-11-3-5-12(13)6-4-11/h3-7H,8H2,1-2H3. The van der Waals surface area contributed by atoms with Crippen molar-refractivity contribution in [1.82, 2.24) is 0 Å². The molecule has 0 spiro atoms. The molecule has 15 heavy (non-hydrogen) atoms. The van der Waals surface area contributed by atoms with E-state index in [0.29, 0.717) is 0 Å². The van der Waals surface area contributed by atoms with Crippen molar-refractivity contribution in [2.45, 2.75) is 13.8 Å². The largest absolute Gasteiger partial charge is 0.461 e. The van der Waals surface area contributed by atoms with E-state index in [1.54, 1.807) is 12.1 Å². The predicted octanol–water partition coefficient (Wildman–Crippen LogP) is 2.79. The zero-order valence-electron chi connectivity index (χ0n) is 8.79. The number of ether oxygens (including phenoxy) is 1. The van der Waals surface area contributed by atoms with E-state index < -0.39 is 0 Å². The molecule has 0 aliphatic heterocycles. The minimum Gasteiger partial charge on any atom is -0.461 e. The van der Waals surface area contributed by atoms with Crippen LogP contribution in [0.15, 0.2) is 29.8 Å². The Hall–Kier alpha value is -1.64. The molecule has 3 heteroatoms. The molecule has 0 bridgehead atoms. The fourth-order valence-corrected chi connectivity index (χ4v) is 1.10. The van der Waals surface area contributed by atoms with Crippen LogP contribution in [0.25, 0.3) is 6.08 Å². The summed E-state index contributed by atoms with van der Waals surface area (Å²) >= 11 is 0. The maximum absolute atomic E-state index is 12.6. The van der Waals surface area contributed by atoms with Crippen LogP contribution >= 0.6 is 0 Å². The van der Waals surface area contributed by atoms with E-state index >= 15 is 0 Å². The summed E-state index contributed by atoms with van der Waals surface area (Å²) in [5.74, 6) is -0.563. The molecule has 0 aliphatic carbocycles. The molecule has 0 radical (unpaired) electrons. The Balaban J connectivity index is 2.62. The fourth-order valence-electron chi connectivity index (χ4n) is 1.10. The van der Waals surface area contributed by atoms with Crippen molar-refractivity contribution in [2.24, 2.45) is 0 Å². The third-order valence-electron chi connectivity index (χ3n) is 1.79. The highest BCUT2D eigenvalue weighted by molar-refractivity contribution is 5.66. The maximum atomic E-state index is 12.6. The Bertz CT molecular complexity index is 366. The molecule has 2 nitrogen and oxygen atoms in total. The first-order valence-corrected chi connectivity index (χ1v) is 4.64. The van der Waals surface area contributed by atoms with Gasteiger partial charge >= 0.3 is 5.97 Å². The lowest BCUT2D eigenvalue weighted by Gasteiger charge is -2.02. The van der Waals surface area contributed by atoms with Crippen molar-refractivity contribution in [3.8, 4) is 0 Å². The van der Waals surface area contributed by atoms with E-state index in [-0.39, 0.29) is 18.4 Å². The van der Waals surface area contributed by atoms with Crippen LogP contribution in [-0.4, -0.2) is 12.6 Å². The van der Waals surface area contributed by atoms with Gasteiger partial charge in [0.15, 0.2) is 0 Å². The van der Waals surface area contributed by atoms with Gasteiger partial charge in [0.1, 0.15) is 12.4 Å². The molecule has 0 N–H and O–H groups in total. The van der Waals surface area contributed by atoms with Gasteiger partial charge in [-0.2, -0.15) is 0 Å². The molecule has 0 aromatic heterocycles. The summed E-state index contributed by atoms with van der Waals surface area (Å²) < 4.78 is 17.4. The van der Waals surface area contributed by atoms with Crippen LogP contribution in [0.1, 0.15) is 19.4 Å². The molecular weight excluding hydrogens is 195 g/mol. The summed E-state index contributed by atoms with van der Waals surface area (Å²) in [5.41, 5.74) is 1.80. The zero-order chi connectivity index (χ0) is 11.3. The van der Waals surface area contributed by atoms with E-state index in [0.717, 1.165) is 11.1 Å². The van der Waals surface area contributed by atoms with Gasteiger partial charge in [0.2, 0.25) is 0 Å². The van der Waals surface area contributed by atoms with Crippen LogP contribution in [0, 0.1) is 5.82 Å². The number of halogens is 1. The van der Waals surface area contributed by atoms with Gasteiger partial charge in [0.25, 0.3) is 0 Å². The number of hydrogen-bond acceptors (Lipinski definition) is 2. The molecule has 0 fully saturated rings. The van der Waals surface area contributed by atoms with Crippen LogP contribution in [0.4, 0.5) is 4.39 Å². The highest BCUT2D eigenvalue weighted by Crippen LogP contribution is 2.08. The lowest BCUT2D eigenvalue weighted by Crippen LogP contribution is -2.01. The highest BCUT2D eigenvalue weighted by Gasteiger charge is 1.95. The molecule has 1 aromatic carbocycles. The second-order valence-corrected chi connectivity index (χ2v) is 3.32. The Kier molecular flexibility index (Phi) is 4.03. The third kappa shape index (κ3) is 4.40. The second kappa shape index (κ2) is 5.29. The summed E-state index contributed by atoms with van der Waals surface area (Å²) in [4.78, 5) is 10.5. The lowest BCUT2D eigenvalue weighted by atomic mass is 10.1. The van der Waals surface area contributed by atoms with Gasteiger partial charge in [-0.3, -0.25) is 4.79 Å². The molecular formula is C12H13FO2. The van der Waals surface area contributed by atoms with E-state index in [1.165, 1.54) is 19.1 Å². The van der Waals surface area contributed by atoms with Crippen LogP contribution < -0.4 is 0 Å². The monoisotopic (exact) mass is 208 g/mol. The Morgan fingerprint density at radius 1 is 1.33 bits per heavy atom. The number of esters is 1. The Morgan fingerprint density at radius 3 is 2.47 bits per heavy atom. The number of benzene rings is 1. The fraction of sp³-hybridized carbons (Fsp3) is 0.250. The van der Waals surface area contributed by atoms with E-state index in [4.69, 9.17) is 4.74 Å². The maximum Gasteiger partial charge on any atom is 0.302 e. The van der Waals surface area contributed by atoms with Crippen molar-refractivity contribution < 1.29 is 13.9 Å². The molecule has 0 amide bonds. The van der Waals surface area contributed by atoms with Crippen molar-refractivity contribution >= 4 is 12.0 Å². The first-order chi connectivity index (χ1) is 7.08. The van der Waals surface area contributed by atoms with Crippen molar-refractivity contribution in [2.75, 3.05) is 6.61 Å². The Labute approximate surface area is 88.4 Å². The predicted molar refractivity (Wildman–Crippen MR) is 56.7 cm³/mol. The van der Waals surface area contributed by atoms with E-state index in [9.17, 15) is 9.18 Å². The van der Waals surface area contributed by atoms with Gasteiger partial charge in [-0.1, -0.05) is 18.2 Å². The van der Waals surface area contributed by atoms with Crippen molar-refractivity contribution in [3.05, 3.63) is 41.2 Å². The summed E-state index contributed by atoms with van der Waals surface area (Å²) in [7, 11) is 0. The van der Waals surface area contributed by atoms with Gasteiger partial charge in [0, 0.05) is 6.92 Å². The molecule has 0 atom stereocenters. The minimum atomic E-state index is -0.304. The van der Waals surface area contributed by atoms with Gasteiger partial charge in [-0.05, 0) is 30.2 Å². The smallest absolute Gasteiger partial charge is 0.302 e. The van der Waals surface area contributed by atoms with Crippen molar-refractivity contribution in [1.29, 1.82) is 0 Å². The number of carbonyl (C=O) groups excluding carboxylic acids is 1. The van der Waals surface area contributed by atoms with Crippen molar-refractivity contribution in [3.63, 3.8) is 0 Å². The molecule has 0 saturated heterocycles. The number of rotatable bonds is 3. The number of hydrogen-bond donors (Lipinski definition) is 0. The first kappa shape index (κ1) is 11.4. The molecule has 0 unspecified atom stereocenters. The number of carbonyl (C=O) groups is 1. The quantitative estimate of drug-likeness (QED) is 0.714. The zero-order valence-corrected chi connectivity index (χ0v) is 8.79. The highest BCUT2D eigenvalue weighted by atomic mass is 19.1. The van der Waals surface area contributed by atoms with Gasteiger partial charge < -0.3 is 4.74 Å². The van der Waals surface area contributed by atoms with Gasteiger partial charge in [-0.25, -0.2) is 4.39 Å². The topological polar surface area (TPSA) is 26.3 Å². The third-order valence-corrected chi connectivity index (χ3v) is 1.79. The SMILES string of the molecule is CC(=O)OCC(C)=Cc1ccc(F)cc1. The van der Waals surface area contributed by atoms with E-state index in [1.807, 2.05) is 13.0 Å². The molecule has 1 aromatic rings. The van der Waals surface area contributed by atoms with Gasteiger partial charge in [0.05, 0.1) is 0 Å². The summed E-state index contributed by atoms with van der Waals surface area (Å²) in [6.07, 6.45) is 1.85. The summed E-state index contributed by atoms with van der Waals surface area (Å²) in [5, 5.41) is 0.